The Balaban J connectivity index is 1.82. The standard InChI is InChI=1S/C17H18Br2N4O/c1-17(2,3)10-23-13-6-7-14(15(19)16(13)21-22-23)24-9-12-5-4-11(18)8-20-12/h4-8H,9-10H2,1-3H3. The molecule has 0 fully saturated rings. The Kier molecular flexibility index (Phi) is 4.92. The molecular weight excluding hydrogens is 436 g/mol. The van der Waals surface area contributed by atoms with E-state index < -0.39 is 0 Å². The van der Waals surface area contributed by atoms with Crippen LogP contribution in [-0.2, 0) is 13.2 Å². The number of hydrogen-bond acceptors (Lipinski definition) is 4. The Bertz CT molecular complexity index is 853. The molecule has 126 valence electrons. The van der Waals surface area contributed by atoms with Crippen molar-refractivity contribution < 1.29 is 4.74 Å². The quantitative estimate of drug-likeness (QED) is 0.559. The highest BCUT2D eigenvalue weighted by atomic mass is 79.9. The number of benzene rings is 1. The molecule has 0 aliphatic rings. The SMILES string of the molecule is CC(C)(C)Cn1nnc2c(Br)c(OCc3ccc(Br)cn3)ccc21. The lowest BCUT2D eigenvalue weighted by Gasteiger charge is -2.18. The van der Waals surface area contributed by atoms with Gasteiger partial charge in [0.1, 0.15) is 17.9 Å². The highest BCUT2D eigenvalue weighted by molar-refractivity contribution is 9.11. The predicted octanol–water partition coefficient (Wildman–Crippen LogP) is 4.98. The average Bonchev–Trinajstić information content (AvgIpc) is 2.90. The molecule has 0 radical (unpaired) electrons. The second kappa shape index (κ2) is 6.80. The molecule has 0 aliphatic heterocycles. The van der Waals surface area contributed by atoms with Crippen LogP contribution in [0.3, 0.4) is 0 Å². The zero-order valence-corrected chi connectivity index (χ0v) is 16.9. The van der Waals surface area contributed by atoms with Crippen LogP contribution in [0.25, 0.3) is 11.0 Å². The van der Waals surface area contributed by atoms with Gasteiger partial charge in [0, 0.05) is 17.2 Å². The van der Waals surface area contributed by atoms with Crippen molar-refractivity contribution in [1.29, 1.82) is 0 Å². The third kappa shape index (κ3) is 3.95. The van der Waals surface area contributed by atoms with Gasteiger partial charge >= 0.3 is 0 Å². The highest BCUT2D eigenvalue weighted by Gasteiger charge is 2.17. The van der Waals surface area contributed by atoms with E-state index in [1.807, 2.05) is 28.9 Å². The number of pyridine rings is 1. The average molecular weight is 454 g/mol. The minimum Gasteiger partial charge on any atom is -0.486 e. The predicted molar refractivity (Wildman–Crippen MR) is 101 cm³/mol. The van der Waals surface area contributed by atoms with Gasteiger partial charge in [0.05, 0.1) is 15.7 Å². The number of hydrogen-bond donors (Lipinski definition) is 0. The molecule has 2 heterocycles. The number of rotatable bonds is 4. The molecule has 0 spiro atoms. The fraction of sp³-hybridized carbons (Fsp3) is 0.353. The Labute approximate surface area is 157 Å². The maximum Gasteiger partial charge on any atom is 0.136 e. The van der Waals surface area contributed by atoms with Gasteiger partial charge in [-0.05, 0) is 61.5 Å². The van der Waals surface area contributed by atoms with Crippen molar-refractivity contribution in [2.75, 3.05) is 0 Å². The van der Waals surface area contributed by atoms with E-state index in [0.29, 0.717) is 6.61 Å². The summed E-state index contributed by atoms with van der Waals surface area (Å²) >= 11 is 6.97. The van der Waals surface area contributed by atoms with Gasteiger partial charge in [-0.15, -0.1) is 5.10 Å². The largest absolute Gasteiger partial charge is 0.486 e. The summed E-state index contributed by atoms with van der Waals surface area (Å²) < 4.78 is 9.58. The molecule has 7 heteroatoms. The number of aromatic nitrogens is 4. The Morgan fingerprint density at radius 2 is 1.92 bits per heavy atom. The van der Waals surface area contributed by atoms with Crippen LogP contribution in [0.2, 0.25) is 0 Å². The molecule has 0 amide bonds. The first-order valence-corrected chi connectivity index (χ1v) is 9.17. The van der Waals surface area contributed by atoms with Gasteiger partial charge in [-0.2, -0.15) is 0 Å². The van der Waals surface area contributed by atoms with E-state index in [0.717, 1.165) is 38.0 Å². The van der Waals surface area contributed by atoms with Gasteiger partial charge in [-0.1, -0.05) is 26.0 Å². The van der Waals surface area contributed by atoms with Crippen LogP contribution in [0.1, 0.15) is 26.5 Å². The summed E-state index contributed by atoms with van der Waals surface area (Å²) in [5, 5.41) is 8.57. The molecule has 0 unspecified atom stereocenters. The molecule has 0 saturated carbocycles. The molecule has 2 aromatic heterocycles. The van der Waals surface area contributed by atoms with Crippen LogP contribution in [0, 0.1) is 5.41 Å². The fourth-order valence-corrected chi connectivity index (χ4v) is 3.07. The zero-order valence-electron chi connectivity index (χ0n) is 13.8. The van der Waals surface area contributed by atoms with Crippen LogP contribution in [-0.4, -0.2) is 20.0 Å². The smallest absolute Gasteiger partial charge is 0.136 e. The molecule has 5 nitrogen and oxygen atoms in total. The second-order valence-corrected chi connectivity index (χ2v) is 8.52. The first-order valence-electron chi connectivity index (χ1n) is 7.58. The summed E-state index contributed by atoms with van der Waals surface area (Å²) in [7, 11) is 0. The lowest BCUT2D eigenvalue weighted by molar-refractivity contribution is 0.300. The number of fused-ring (bicyclic) bond motifs is 1. The Morgan fingerprint density at radius 1 is 1.12 bits per heavy atom. The third-order valence-corrected chi connectivity index (χ3v) is 4.61. The molecular formula is C17H18Br2N4O. The zero-order chi connectivity index (χ0) is 17.3. The van der Waals surface area contributed by atoms with Gasteiger partial charge < -0.3 is 4.74 Å². The minimum absolute atomic E-state index is 0.134. The van der Waals surface area contributed by atoms with Crippen LogP contribution in [0.15, 0.2) is 39.4 Å². The van der Waals surface area contributed by atoms with Crippen LogP contribution < -0.4 is 4.74 Å². The lowest BCUT2D eigenvalue weighted by atomic mass is 9.97. The monoisotopic (exact) mass is 452 g/mol. The Morgan fingerprint density at radius 3 is 2.58 bits per heavy atom. The van der Waals surface area contributed by atoms with Crippen molar-refractivity contribution in [1.82, 2.24) is 20.0 Å². The molecule has 24 heavy (non-hydrogen) atoms. The van der Waals surface area contributed by atoms with Gasteiger partial charge in [0.2, 0.25) is 0 Å². The van der Waals surface area contributed by atoms with E-state index in [1.165, 1.54) is 0 Å². The van der Waals surface area contributed by atoms with Crippen molar-refractivity contribution in [2.24, 2.45) is 5.41 Å². The summed E-state index contributed by atoms with van der Waals surface area (Å²) in [6.07, 6.45) is 1.76. The van der Waals surface area contributed by atoms with Gasteiger partial charge in [-0.3, -0.25) is 4.98 Å². The van der Waals surface area contributed by atoms with Crippen molar-refractivity contribution in [2.45, 2.75) is 33.9 Å². The summed E-state index contributed by atoms with van der Waals surface area (Å²) in [6, 6.07) is 7.81. The molecule has 3 rings (SSSR count). The first-order chi connectivity index (χ1) is 11.3. The van der Waals surface area contributed by atoms with Crippen LogP contribution in [0.5, 0.6) is 5.75 Å². The number of ether oxygens (including phenoxy) is 1. The maximum absolute atomic E-state index is 5.88. The lowest BCUT2D eigenvalue weighted by Crippen LogP contribution is -2.16. The second-order valence-electron chi connectivity index (χ2n) is 6.81. The molecule has 0 bridgehead atoms. The van der Waals surface area contributed by atoms with Gasteiger partial charge in [-0.25, -0.2) is 4.68 Å². The van der Waals surface area contributed by atoms with Crippen molar-refractivity contribution in [3.63, 3.8) is 0 Å². The maximum atomic E-state index is 5.88. The summed E-state index contributed by atoms with van der Waals surface area (Å²) in [4.78, 5) is 4.31. The molecule has 1 aromatic carbocycles. The van der Waals surface area contributed by atoms with E-state index >= 15 is 0 Å². The van der Waals surface area contributed by atoms with E-state index in [4.69, 9.17) is 4.74 Å². The van der Waals surface area contributed by atoms with Crippen molar-refractivity contribution in [3.8, 4) is 5.75 Å². The normalized spacial score (nSPS) is 11.9. The summed E-state index contributed by atoms with van der Waals surface area (Å²) in [5.41, 5.74) is 2.79. The van der Waals surface area contributed by atoms with E-state index in [9.17, 15) is 0 Å². The van der Waals surface area contributed by atoms with Crippen molar-refractivity contribution in [3.05, 3.63) is 45.1 Å². The summed E-state index contributed by atoms with van der Waals surface area (Å²) in [5.74, 6) is 0.732. The van der Waals surface area contributed by atoms with E-state index in [2.05, 4.69) is 67.9 Å². The van der Waals surface area contributed by atoms with E-state index in [1.54, 1.807) is 6.20 Å². The van der Waals surface area contributed by atoms with Gasteiger partial charge in [0.15, 0.2) is 0 Å². The Hall–Kier alpha value is -1.47. The third-order valence-electron chi connectivity index (χ3n) is 3.38. The van der Waals surface area contributed by atoms with Crippen LogP contribution >= 0.6 is 31.9 Å². The molecule has 3 aromatic rings. The summed E-state index contributed by atoms with van der Waals surface area (Å²) in [6.45, 7) is 7.74. The number of nitrogens with zero attached hydrogens (tertiary/aromatic N) is 4. The molecule has 0 N–H and O–H groups in total. The molecule has 0 atom stereocenters. The minimum atomic E-state index is 0.134. The molecule has 0 saturated heterocycles. The van der Waals surface area contributed by atoms with Gasteiger partial charge in [0.25, 0.3) is 0 Å². The first kappa shape index (κ1) is 17.4. The van der Waals surface area contributed by atoms with Crippen molar-refractivity contribution >= 4 is 42.9 Å². The topological polar surface area (TPSA) is 52.8 Å². The van der Waals surface area contributed by atoms with Crippen LogP contribution in [0.4, 0.5) is 0 Å². The molecule has 0 aliphatic carbocycles. The fourth-order valence-electron chi connectivity index (χ4n) is 2.31. The van der Waals surface area contributed by atoms with E-state index in [-0.39, 0.29) is 5.41 Å². The number of halogens is 2. The highest BCUT2D eigenvalue weighted by Crippen LogP contribution is 2.33.